The van der Waals surface area contributed by atoms with Gasteiger partial charge < -0.3 is 29.9 Å². The number of tetrazole rings is 1. The molecule has 1 aromatic heterocycles. The molecule has 0 unspecified atom stereocenters. The molecule has 0 bridgehead atoms. The number of ether oxygens (including phenoxy) is 2. The number of hydrogen-bond acceptors (Lipinski definition) is 9. The quantitative estimate of drug-likeness (QED) is 0.487. The van der Waals surface area contributed by atoms with Crippen molar-refractivity contribution in [3.8, 4) is 5.75 Å². The Balaban J connectivity index is 1.79. The van der Waals surface area contributed by atoms with Crippen LogP contribution in [-0.4, -0.2) is 78.3 Å². The average Bonchev–Trinajstić information content (AvgIpc) is 3.10. The molecule has 0 spiro atoms. The predicted molar refractivity (Wildman–Crippen MR) is 87.3 cm³/mol. The van der Waals surface area contributed by atoms with Crippen LogP contribution in [0.3, 0.4) is 0 Å². The van der Waals surface area contributed by atoms with E-state index in [2.05, 4.69) is 15.5 Å². The number of hydrogen-bond donors (Lipinski definition) is 4. The van der Waals surface area contributed by atoms with E-state index in [4.69, 9.17) is 9.47 Å². The first-order valence-corrected chi connectivity index (χ1v) is 8.34. The van der Waals surface area contributed by atoms with Crippen molar-refractivity contribution in [2.75, 3.05) is 13.2 Å². The second-order valence-electron chi connectivity index (χ2n) is 6.01. The summed E-state index contributed by atoms with van der Waals surface area (Å²) in [5.74, 6) is 1.16. The molecule has 1 aliphatic heterocycles. The first-order chi connectivity index (χ1) is 12.5. The summed E-state index contributed by atoms with van der Waals surface area (Å²) in [6.07, 6.45) is -6.17. The van der Waals surface area contributed by atoms with Gasteiger partial charge in [-0.15, -0.1) is 5.10 Å². The van der Waals surface area contributed by atoms with Crippen LogP contribution in [-0.2, 0) is 11.2 Å². The van der Waals surface area contributed by atoms with E-state index in [1.807, 2.05) is 31.2 Å². The molecule has 2 aromatic rings. The lowest BCUT2D eigenvalue weighted by Gasteiger charge is -2.39. The highest BCUT2D eigenvalue weighted by atomic mass is 16.6. The summed E-state index contributed by atoms with van der Waals surface area (Å²) in [6.45, 7) is 1.97. The van der Waals surface area contributed by atoms with E-state index in [1.165, 1.54) is 4.68 Å². The monoisotopic (exact) mass is 366 g/mol. The second-order valence-corrected chi connectivity index (χ2v) is 6.01. The van der Waals surface area contributed by atoms with Crippen molar-refractivity contribution in [2.24, 2.45) is 0 Å². The van der Waals surface area contributed by atoms with Gasteiger partial charge in [-0.25, -0.2) is 0 Å². The molecule has 1 aromatic carbocycles. The fourth-order valence-electron chi connectivity index (χ4n) is 2.86. The summed E-state index contributed by atoms with van der Waals surface area (Å²) in [7, 11) is 0. The molecule has 10 heteroatoms. The summed E-state index contributed by atoms with van der Waals surface area (Å²) in [5.41, 5.74) is 0.911. The Morgan fingerprint density at radius 3 is 2.50 bits per heavy atom. The summed E-state index contributed by atoms with van der Waals surface area (Å²) in [4.78, 5) is 0. The maximum atomic E-state index is 10.2. The molecule has 0 aliphatic carbocycles. The molecule has 2 heterocycles. The maximum absolute atomic E-state index is 10.2. The zero-order chi connectivity index (χ0) is 18.7. The molecule has 1 fully saturated rings. The standard InChI is InChI=1S/C16H22N4O6/c1-2-25-10-5-3-9(4-6-10)7-12-17-18-19-20(12)16-15(24)14(23)13(22)11(8-21)26-16/h3-6,11,13-16,21-24H,2,7-8H2,1H3/t11-,13-,14+,15-,16-/m1/s1. The topological polar surface area (TPSA) is 143 Å². The minimum absolute atomic E-state index is 0.356. The smallest absolute Gasteiger partial charge is 0.182 e. The Hall–Kier alpha value is -2.11. The zero-order valence-corrected chi connectivity index (χ0v) is 14.2. The van der Waals surface area contributed by atoms with E-state index in [0.717, 1.165) is 11.3 Å². The van der Waals surface area contributed by atoms with Gasteiger partial charge in [0.25, 0.3) is 0 Å². The highest BCUT2D eigenvalue weighted by Gasteiger charge is 2.45. The van der Waals surface area contributed by atoms with Crippen molar-refractivity contribution in [1.29, 1.82) is 0 Å². The SMILES string of the molecule is CCOc1ccc(Cc2nnnn2[C@@H]2O[C@H](CO)[C@@H](O)[C@H](O)[C@H]2O)cc1. The van der Waals surface area contributed by atoms with Crippen LogP contribution in [0.5, 0.6) is 5.75 Å². The molecular formula is C16H22N4O6. The fourth-order valence-corrected chi connectivity index (χ4v) is 2.86. The first kappa shape index (κ1) is 18.7. The van der Waals surface area contributed by atoms with Crippen LogP contribution in [0.25, 0.3) is 0 Å². The zero-order valence-electron chi connectivity index (χ0n) is 14.2. The summed E-state index contributed by atoms with van der Waals surface area (Å²) in [6, 6.07) is 7.41. The Kier molecular flexibility index (Phi) is 5.79. The van der Waals surface area contributed by atoms with Crippen LogP contribution in [0.1, 0.15) is 24.5 Å². The minimum atomic E-state index is -1.49. The summed E-state index contributed by atoms with van der Waals surface area (Å²) < 4.78 is 12.1. The van der Waals surface area contributed by atoms with Gasteiger partial charge >= 0.3 is 0 Å². The normalized spacial score (nSPS) is 28.9. The number of aromatic nitrogens is 4. The number of rotatable bonds is 6. The lowest BCUT2D eigenvalue weighted by molar-refractivity contribution is -0.254. The molecule has 142 valence electrons. The highest BCUT2D eigenvalue weighted by molar-refractivity contribution is 5.28. The van der Waals surface area contributed by atoms with E-state index in [1.54, 1.807) is 0 Å². The third kappa shape index (κ3) is 3.69. The Morgan fingerprint density at radius 1 is 1.12 bits per heavy atom. The average molecular weight is 366 g/mol. The highest BCUT2D eigenvalue weighted by Crippen LogP contribution is 2.28. The molecule has 4 N–H and O–H groups in total. The molecule has 26 heavy (non-hydrogen) atoms. The first-order valence-electron chi connectivity index (χ1n) is 8.34. The van der Waals surface area contributed by atoms with E-state index in [9.17, 15) is 20.4 Å². The summed E-state index contributed by atoms with van der Waals surface area (Å²) >= 11 is 0. The van der Waals surface area contributed by atoms with Crippen molar-refractivity contribution >= 4 is 0 Å². The van der Waals surface area contributed by atoms with Crippen molar-refractivity contribution in [3.63, 3.8) is 0 Å². The van der Waals surface area contributed by atoms with Crippen molar-refractivity contribution in [3.05, 3.63) is 35.7 Å². The molecule has 0 saturated carbocycles. The number of benzene rings is 1. The molecule has 1 saturated heterocycles. The predicted octanol–water partition coefficient (Wildman–Crippen LogP) is -1.36. The third-order valence-electron chi connectivity index (χ3n) is 4.27. The fraction of sp³-hybridized carbons (Fsp3) is 0.562. The molecule has 5 atom stereocenters. The Bertz CT molecular complexity index is 707. The van der Waals surface area contributed by atoms with E-state index < -0.39 is 37.3 Å². The van der Waals surface area contributed by atoms with Gasteiger partial charge in [-0.05, 0) is 35.0 Å². The Morgan fingerprint density at radius 2 is 1.85 bits per heavy atom. The van der Waals surface area contributed by atoms with Crippen molar-refractivity contribution in [1.82, 2.24) is 20.2 Å². The molecular weight excluding hydrogens is 344 g/mol. The summed E-state index contributed by atoms with van der Waals surface area (Å²) in [5, 5.41) is 50.7. The van der Waals surface area contributed by atoms with Crippen molar-refractivity contribution in [2.45, 2.75) is 44.0 Å². The number of aliphatic hydroxyl groups excluding tert-OH is 4. The van der Waals surface area contributed by atoms with Crippen LogP contribution in [0, 0.1) is 0 Å². The maximum Gasteiger partial charge on any atom is 0.182 e. The van der Waals surface area contributed by atoms with Gasteiger partial charge in [-0.1, -0.05) is 12.1 Å². The lowest BCUT2D eigenvalue weighted by Crippen LogP contribution is -2.56. The van der Waals surface area contributed by atoms with E-state index in [-0.39, 0.29) is 0 Å². The van der Waals surface area contributed by atoms with E-state index in [0.29, 0.717) is 18.9 Å². The number of aliphatic hydroxyl groups is 4. The second kappa shape index (κ2) is 8.06. The lowest BCUT2D eigenvalue weighted by atomic mass is 9.98. The van der Waals surface area contributed by atoms with Crippen LogP contribution in [0.4, 0.5) is 0 Å². The van der Waals surface area contributed by atoms with Crippen LogP contribution in [0.2, 0.25) is 0 Å². The van der Waals surface area contributed by atoms with Gasteiger partial charge in [-0.2, -0.15) is 4.68 Å². The van der Waals surface area contributed by atoms with Crippen LogP contribution < -0.4 is 4.74 Å². The van der Waals surface area contributed by atoms with Gasteiger partial charge in [0, 0.05) is 6.42 Å². The van der Waals surface area contributed by atoms with Crippen LogP contribution >= 0.6 is 0 Å². The largest absolute Gasteiger partial charge is 0.494 e. The van der Waals surface area contributed by atoms with Gasteiger partial charge in [0.2, 0.25) is 0 Å². The van der Waals surface area contributed by atoms with Gasteiger partial charge in [-0.3, -0.25) is 0 Å². The molecule has 10 nitrogen and oxygen atoms in total. The van der Waals surface area contributed by atoms with Gasteiger partial charge in [0.05, 0.1) is 13.2 Å². The third-order valence-corrected chi connectivity index (χ3v) is 4.27. The minimum Gasteiger partial charge on any atom is -0.494 e. The molecule has 0 amide bonds. The molecule has 0 radical (unpaired) electrons. The molecule has 3 rings (SSSR count). The van der Waals surface area contributed by atoms with Crippen molar-refractivity contribution < 1.29 is 29.9 Å². The van der Waals surface area contributed by atoms with E-state index >= 15 is 0 Å². The van der Waals surface area contributed by atoms with Gasteiger partial charge in [0.1, 0.15) is 30.2 Å². The molecule has 1 aliphatic rings. The Labute approximate surface area is 149 Å². The van der Waals surface area contributed by atoms with Crippen LogP contribution in [0.15, 0.2) is 24.3 Å². The number of nitrogens with zero attached hydrogens (tertiary/aromatic N) is 4. The van der Waals surface area contributed by atoms with Gasteiger partial charge in [0.15, 0.2) is 12.1 Å².